The smallest absolute Gasteiger partial charge is 0.325 e. The molecule has 0 aliphatic heterocycles. The van der Waals surface area contributed by atoms with Crippen molar-refractivity contribution in [2.24, 2.45) is 0 Å². The molecule has 0 atom stereocenters. The molecule has 0 aliphatic carbocycles. The van der Waals surface area contributed by atoms with E-state index in [1.165, 1.54) is 6.33 Å². The number of carbonyl (C=O) groups is 1. The summed E-state index contributed by atoms with van der Waals surface area (Å²) in [6, 6.07) is 7.63. The minimum absolute atomic E-state index is 0.0905. The highest BCUT2D eigenvalue weighted by Gasteiger charge is 2.19. The molecule has 0 amide bonds. The number of aromatic nitrogens is 3. The van der Waals surface area contributed by atoms with Gasteiger partial charge < -0.3 is 14.2 Å². The van der Waals surface area contributed by atoms with Crippen molar-refractivity contribution < 1.29 is 9.53 Å². The summed E-state index contributed by atoms with van der Waals surface area (Å²) in [5.74, 6) is -0.303. The molecule has 7 heteroatoms. The van der Waals surface area contributed by atoms with Gasteiger partial charge in [0.05, 0.1) is 12.3 Å². The average Bonchev–Trinajstić information content (AvgIpc) is 2.94. The molecule has 0 fully saturated rings. The molecule has 0 spiro atoms. The normalized spacial score (nSPS) is 11.3. The van der Waals surface area contributed by atoms with Crippen LogP contribution < -0.4 is 0 Å². The van der Waals surface area contributed by atoms with Gasteiger partial charge in [-0.3, -0.25) is 4.79 Å². The summed E-state index contributed by atoms with van der Waals surface area (Å²) >= 11 is 6.43. The van der Waals surface area contributed by atoms with Crippen LogP contribution in [0.3, 0.4) is 0 Å². The van der Waals surface area contributed by atoms with E-state index >= 15 is 0 Å². The van der Waals surface area contributed by atoms with E-state index in [0.717, 1.165) is 22.2 Å². The summed E-state index contributed by atoms with van der Waals surface area (Å²) in [5.41, 5.74) is 3.38. The van der Waals surface area contributed by atoms with Crippen molar-refractivity contribution in [3.8, 4) is 11.1 Å². The fourth-order valence-corrected chi connectivity index (χ4v) is 3.19. The predicted octanol–water partition coefficient (Wildman–Crippen LogP) is 3.38. The van der Waals surface area contributed by atoms with E-state index in [0.29, 0.717) is 23.8 Å². The second-order valence-electron chi connectivity index (χ2n) is 6.21. The van der Waals surface area contributed by atoms with Crippen LogP contribution in [0.1, 0.15) is 12.6 Å². The molecule has 0 N–H and O–H groups in total. The molecule has 0 bridgehead atoms. The summed E-state index contributed by atoms with van der Waals surface area (Å²) < 4.78 is 6.89. The van der Waals surface area contributed by atoms with Crippen LogP contribution in [-0.4, -0.2) is 46.1 Å². The number of nitrogens with zero attached hydrogens (tertiary/aromatic N) is 4. The van der Waals surface area contributed by atoms with Gasteiger partial charge in [0, 0.05) is 34.3 Å². The fourth-order valence-electron chi connectivity index (χ4n) is 2.96. The van der Waals surface area contributed by atoms with Crippen LogP contribution in [0, 0.1) is 0 Å². The summed E-state index contributed by atoms with van der Waals surface area (Å²) in [6.07, 6.45) is 3.43. The third-order valence-corrected chi connectivity index (χ3v) is 4.30. The van der Waals surface area contributed by atoms with Crippen molar-refractivity contribution in [1.82, 2.24) is 19.4 Å². The van der Waals surface area contributed by atoms with Crippen molar-refractivity contribution in [3.63, 3.8) is 0 Å². The first-order valence-electron chi connectivity index (χ1n) is 8.39. The van der Waals surface area contributed by atoms with Gasteiger partial charge in [0.2, 0.25) is 0 Å². The molecule has 0 saturated carbocycles. The third kappa shape index (κ3) is 3.71. The van der Waals surface area contributed by atoms with Crippen molar-refractivity contribution in [2.75, 3.05) is 20.7 Å². The SMILES string of the molecule is CCOC(=O)Cn1cc(-c2ccccc2Cl)c2c(CN(C)C)ncnc21. The van der Waals surface area contributed by atoms with Gasteiger partial charge in [0.15, 0.2) is 0 Å². The highest BCUT2D eigenvalue weighted by Crippen LogP contribution is 2.35. The number of benzene rings is 1. The van der Waals surface area contributed by atoms with Crippen LogP contribution >= 0.6 is 11.6 Å². The summed E-state index contributed by atoms with van der Waals surface area (Å²) in [7, 11) is 3.97. The number of halogens is 1. The maximum absolute atomic E-state index is 12.0. The number of hydrogen-bond acceptors (Lipinski definition) is 5. The molecule has 3 aromatic rings. The molecule has 2 heterocycles. The van der Waals surface area contributed by atoms with E-state index in [9.17, 15) is 4.79 Å². The molecule has 0 saturated heterocycles. The van der Waals surface area contributed by atoms with E-state index in [1.807, 2.05) is 49.5 Å². The van der Waals surface area contributed by atoms with Crippen molar-refractivity contribution in [3.05, 3.63) is 47.5 Å². The molecule has 1 aromatic carbocycles. The Bertz CT molecular complexity index is 936. The van der Waals surface area contributed by atoms with Crippen LogP contribution in [0.15, 0.2) is 36.8 Å². The predicted molar refractivity (Wildman–Crippen MR) is 102 cm³/mol. The first-order valence-corrected chi connectivity index (χ1v) is 8.77. The van der Waals surface area contributed by atoms with E-state index in [1.54, 1.807) is 11.5 Å². The molecule has 3 rings (SSSR count). The summed E-state index contributed by atoms with van der Waals surface area (Å²) in [6.45, 7) is 2.88. The van der Waals surface area contributed by atoms with Crippen LogP contribution in [0.5, 0.6) is 0 Å². The third-order valence-electron chi connectivity index (χ3n) is 3.97. The lowest BCUT2D eigenvalue weighted by molar-refractivity contribution is -0.143. The second kappa shape index (κ2) is 7.85. The molecule has 0 aliphatic rings. The van der Waals surface area contributed by atoms with Gasteiger partial charge in [0.1, 0.15) is 18.5 Å². The van der Waals surface area contributed by atoms with Gasteiger partial charge in [-0.1, -0.05) is 29.8 Å². The molecular weight excluding hydrogens is 352 g/mol. The molecular formula is C19H21ClN4O2. The largest absolute Gasteiger partial charge is 0.465 e. The Hall–Kier alpha value is -2.44. The Balaban J connectivity index is 2.21. The molecule has 6 nitrogen and oxygen atoms in total. The maximum Gasteiger partial charge on any atom is 0.325 e. The van der Waals surface area contributed by atoms with Gasteiger partial charge in [-0.05, 0) is 27.1 Å². The van der Waals surface area contributed by atoms with Crippen LogP contribution in [0.25, 0.3) is 22.2 Å². The Labute approximate surface area is 157 Å². The second-order valence-corrected chi connectivity index (χ2v) is 6.62. The number of carbonyl (C=O) groups excluding carboxylic acids is 1. The molecule has 2 aromatic heterocycles. The van der Waals surface area contributed by atoms with E-state index in [2.05, 4.69) is 9.97 Å². The number of rotatable bonds is 6. The van der Waals surface area contributed by atoms with Crippen molar-refractivity contribution in [1.29, 1.82) is 0 Å². The van der Waals surface area contributed by atoms with E-state index < -0.39 is 0 Å². The number of ether oxygens (including phenoxy) is 1. The minimum Gasteiger partial charge on any atom is -0.465 e. The average molecular weight is 373 g/mol. The summed E-state index contributed by atoms with van der Waals surface area (Å²) in [5, 5.41) is 1.54. The Kier molecular flexibility index (Phi) is 5.54. The zero-order valence-electron chi connectivity index (χ0n) is 15.1. The van der Waals surface area contributed by atoms with Crippen LogP contribution in [0.2, 0.25) is 5.02 Å². The number of fused-ring (bicyclic) bond motifs is 1. The molecule has 0 radical (unpaired) electrons. The highest BCUT2D eigenvalue weighted by molar-refractivity contribution is 6.33. The van der Waals surface area contributed by atoms with Crippen molar-refractivity contribution in [2.45, 2.75) is 20.0 Å². The monoisotopic (exact) mass is 372 g/mol. The van der Waals surface area contributed by atoms with Gasteiger partial charge in [0.25, 0.3) is 0 Å². The van der Waals surface area contributed by atoms with Gasteiger partial charge in [-0.15, -0.1) is 0 Å². The molecule has 0 unspecified atom stereocenters. The molecule has 26 heavy (non-hydrogen) atoms. The van der Waals surface area contributed by atoms with Gasteiger partial charge in [-0.25, -0.2) is 9.97 Å². The first kappa shape index (κ1) is 18.4. The summed E-state index contributed by atoms with van der Waals surface area (Å²) in [4.78, 5) is 22.9. The number of hydrogen-bond donors (Lipinski definition) is 0. The van der Waals surface area contributed by atoms with Crippen molar-refractivity contribution >= 4 is 28.6 Å². The lowest BCUT2D eigenvalue weighted by atomic mass is 10.0. The topological polar surface area (TPSA) is 60.2 Å². The minimum atomic E-state index is -0.303. The fraction of sp³-hybridized carbons (Fsp3) is 0.316. The van der Waals surface area contributed by atoms with Crippen LogP contribution in [0.4, 0.5) is 0 Å². The Morgan fingerprint density at radius 3 is 2.69 bits per heavy atom. The van der Waals surface area contributed by atoms with Crippen LogP contribution in [-0.2, 0) is 22.6 Å². The first-order chi connectivity index (χ1) is 12.5. The van der Waals surface area contributed by atoms with E-state index in [4.69, 9.17) is 16.3 Å². The Morgan fingerprint density at radius 1 is 1.23 bits per heavy atom. The van der Waals surface area contributed by atoms with Gasteiger partial charge >= 0.3 is 5.97 Å². The standard InChI is InChI=1S/C19H21ClN4O2/c1-4-26-17(25)11-24-9-14(13-7-5-6-8-15(13)20)18-16(10-23(2)3)21-12-22-19(18)24/h5-9,12H,4,10-11H2,1-3H3. The zero-order chi connectivity index (χ0) is 18.7. The van der Waals surface area contributed by atoms with E-state index in [-0.39, 0.29) is 12.5 Å². The zero-order valence-corrected chi connectivity index (χ0v) is 15.8. The number of esters is 1. The lowest BCUT2D eigenvalue weighted by Crippen LogP contribution is -2.14. The van der Waals surface area contributed by atoms with Gasteiger partial charge in [-0.2, -0.15) is 0 Å². The maximum atomic E-state index is 12.0. The quantitative estimate of drug-likeness (QED) is 0.621. The highest BCUT2D eigenvalue weighted by atomic mass is 35.5. The molecule has 136 valence electrons. The Morgan fingerprint density at radius 2 is 2.00 bits per heavy atom. The lowest BCUT2D eigenvalue weighted by Gasteiger charge is -2.11.